The maximum Gasteiger partial charge on any atom is 0.254 e. The first kappa shape index (κ1) is 27.8. The van der Waals surface area contributed by atoms with Crippen molar-refractivity contribution in [3.63, 3.8) is 0 Å². The van der Waals surface area contributed by atoms with E-state index in [2.05, 4.69) is 11.8 Å². The molecule has 0 radical (unpaired) electrons. The molecule has 0 aliphatic carbocycles. The Labute approximate surface area is 225 Å². The summed E-state index contributed by atoms with van der Waals surface area (Å²) in [6.45, 7) is 5.12. The Morgan fingerprint density at radius 1 is 0.842 bits per heavy atom. The highest BCUT2D eigenvalue weighted by Gasteiger charge is 2.31. The minimum atomic E-state index is -3.61. The van der Waals surface area contributed by atoms with Crippen molar-refractivity contribution in [2.45, 2.75) is 24.7 Å². The molecule has 2 aromatic rings. The van der Waals surface area contributed by atoms with Crippen molar-refractivity contribution in [1.29, 1.82) is 0 Å². The third kappa shape index (κ3) is 5.49. The number of rotatable bonds is 8. The number of benzene rings is 2. The van der Waals surface area contributed by atoms with Crippen molar-refractivity contribution in [3.05, 3.63) is 35.9 Å². The van der Waals surface area contributed by atoms with Crippen LogP contribution >= 0.6 is 0 Å². The van der Waals surface area contributed by atoms with Crippen LogP contribution in [0.2, 0.25) is 0 Å². The molecular formula is C27H37N3O7S. The van der Waals surface area contributed by atoms with Crippen LogP contribution in [-0.2, 0) is 10.0 Å². The lowest BCUT2D eigenvalue weighted by Crippen LogP contribution is -2.49. The van der Waals surface area contributed by atoms with E-state index in [9.17, 15) is 13.2 Å². The van der Waals surface area contributed by atoms with Crippen molar-refractivity contribution >= 4 is 21.6 Å². The molecular weight excluding hydrogens is 510 g/mol. The molecule has 2 heterocycles. The highest BCUT2D eigenvalue weighted by atomic mass is 32.2. The first-order valence-corrected chi connectivity index (χ1v) is 14.2. The zero-order valence-electron chi connectivity index (χ0n) is 22.7. The molecule has 0 N–H and O–H groups in total. The highest BCUT2D eigenvalue weighted by molar-refractivity contribution is 7.89. The summed E-state index contributed by atoms with van der Waals surface area (Å²) in [5.74, 6) is 2.05. The second-order valence-electron chi connectivity index (χ2n) is 9.64. The van der Waals surface area contributed by atoms with Gasteiger partial charge in [-0.15, -0.1) is 0 Å². The number of carbonyl (C=O) groups is 1. The molecule has 2 saturated heterocycles. The minimum Gasteiger partial charge on any atom is -0.495 e. The summed E-state index contributed by atoms with van der Waals surface area (Å²) in [7, 11) is 2.51. The van der Waals surface area contributed by atoms with Gasteiger partial charge in [-0.05, 0) is 49.1 Å². The van der Waals surface area contributed by atoms with Gasteiger partial charge in [-0.1, -0.05) is 6.92 Å². The van der Waals surface area contributed by atoms with Gasteiger partial charge in [0.1, 0.15) is 5.75 Å². The Balaban J connectivity index is 1.52. The summed E-state index contributed by atoms with van der Waals surface area (Å²) in [5, 5.41) is 0. The lowest BCUT2D eigenvalue weighted by atomic mass is 10.0. The number of ether oxygens (including phenoxy) is 4. The summed E-state index contributed by atoms with van der Waals surface area (Å²) in [5.41, 5.74) is 1.15. The quantitative estimate of drug-likeness (QED) is 0.497. The van der Waals surface area contributed by atoms with Gasteiger partial charge in [-0.25, -0.2) is 8.42 Å². The van der Waals surface area contributed by atoms with Gasteiger partial charge in [-0.2, -0.15) is 4.31 Å². The predicted molar refractivity (Wildman–Crippen MR) is 144 cm³/mol. The Morgan fingerprint density at radius 3 is 2.03 bits per heavy atom. The summed E-state index contributed by atoms with van der Waals surface area (Å²) in [4.78, 5) is 17.4. The van der Waals surface area contributed by atoms with E-state index in [0.29, 0.717) is 79.4 Å². The molecule has 4 rings (SSSR count). The lowest BCUT2D eigenvalue weighted by molar-refractivity contribution is 0.0745. The molecule has 2 aliphatic heterocycles. The van der Waals surface area contributed by atoms with E-state index in [-0.39, 0.29) is 10.8 Å². The van der Waals surface area contributed by atoms with Gasteiger partial charge in [0, 0.05) is 44.8 Å². The third-order valence-electron chi connectivity index (χ3n) is 7.23. The van der Waals surface area contributed by atoms with Gasteiger partial charge >= 0.3 is 0 Å². The molecule has 10 nitrogen and oxygen atoms in total. The smallest absolute Gasteiger partial charge is 0.254 e. The van der Waals surface area contributed by atoms with Crippen LogP contribution in [0.4, 0.5) is 5.69 Å². The zero-order chi connectivity index (χ0) is 27.4. The Hall–Kier alpha value is -3.18. The van der Waals surface area contributed by atoms with Crippen LogP contribution in [0.25, 0.3) is 0 Å². The van der Waals surface area contributed by atoms with Crippen LogP contribution in [0, 0.1) is 5.92 Å². The van der Waals surface area contributed by atoms with Gasteiger partial charge in [0.2, 0.25) is 15.8 Å². The number of methoxy groups -OCH3 is 4. The molecule has 2 aliphatic rings. The van der Waals surface area contributed by atoms with Crippen molar-refractivity contribution in [2.75, 3.05) is 72.6 Å². The molecule has 0 saturated carbocycles. The van der Waals surface area contributed by atoms with Crippen LogP contribution < -0.4 is 23.8 Å². The second-order valence-corrected chi connectivity index (χ2v) is 11.6. The summed E-state index contributed by atoms with van der Waals surface area (Å²) >= 11 is 0. The zero-order valence-corrected chi connectivity index (χ0v) is 23.5. The number of nitrogens with zero attached hydrogens (tertiary/aromatic N) is 3. The van der Waals surface area contributed by atoms with Crippen molar-refractivity contribution < 1.29 is 32.2 Å². The molecule has 1 amide bonds. The number of hydrogen-bond donors (Lipinski definition) is 0. The molecule has 208 valence electrons. The fourth-order valence-corrected chi connectivity index (χ4v) is 6.75. The molecule has 0 unspecified atom stereocenters. The maximum absolute atomic E-state index is 13.4. The van der Waals surface area contributed by atoms with Gasteiger partial charge in [0.15, 0.2) is 11.5 Å². The monoisotopic (exact) mass is 547 g/mol. The van der Waals surface area contributed by atoms with Crippen LogP contribution in [0.1, 0.15) is 30.1 Å². The van der Waals surface area contributed by atoms with E-state index >= 15 is 0 Å². The first-order valence-electron chi connectivity index (χ1n) is 12.8. The summed E-state index contributed by atoms with van der Waals surface area (Å²) in [6, 6.07) is 8.32. The highest BCUT2D eigenvalue weighted by Crippen LogP contribution is 2.39. The van der Waals surface area contributed by atoms with E-state index in [1.165, 1.54) is 21.3 Å². The molecule has 0 aromatic heterocycles. The normalized spacial score (nSPS) is 18.7. The third-order valence-corrected chi connectivity index (χ3v) is 9.09. The lowest BCUT2D eigenvalue weighted by Gasteiger charge is -2.37. The molecule has 0 bridgehead atoms. The van der Waals surface area contributed by atoms with Crippen LogP contribution in [0.5, 0.6) is 23.0 Å². The minimum absolute atomic E-state index is 0.147. The number of amides is 1. The van der Waals surface area contributed by atoms with Gasteiger partial charge in [0.05, 0.1) is 39.0 Å². The largest absolute Gasteiger partial charge is 0.495 e. The standard InChI is InChI=1S/C27H37N3O7S/c1-19-7-6-10-30(18-19)38(32,33)21-8-9-23(34-2)22(17-21)28-11-13-29(14-12-28)27(31)20-15-24(35-3)26(37-5)25(16-20)36-4/h8-9,15-17,19H,6-7,10-14,18H2,1-5H3/t19-/m0/s1. The second kappa shape index (κ2) is 11.7. The van der Waals surface area contributed by atoms with E-state index in [1.54, 1.807) is 46.6 Å². The number of hydrogen-bond acceptors (Lipinski definition) is 8. The first-order chi connectivity index (χ1) is 18.2. The number of piperidine rings is 1. The Bertz CT molecular complexity index is 1230. The van der Waals surface area contributed by atoms with Gasteiger partial charge < -0.3 is 28.7 Å². The Morgan fingerprint density at radius 2 is 1.47 bits per heavy atom. The van der Waals surface area contributed by atoms with Crippen LogP contribution in [-0.4, -0.2) is 91.2 Å². The average molecular weight is 548 g/mol. The van der Waals surface area contributed by atoms with Crippen molar-refractivity contribution in [2.24, 2.45) is 5.92 Å². The number of anilines is 1. The molecule has 1 atom stereocenters. The van der Waals surface area contributed by atoms with E-state index in [4.69, 9.17) is 18.9 Å². The predicted octanol–water partition coefficient (Wildman–Crippen LogP) is 3.10. The van der Waals surface area contributed by atoms with Crippen LogP contribution in [0.15, 0.2) is 35.2 Å². The number of piperazine rings is 1. The molecule has 11 heteroatoms. The fourth-order valence-electron chi connectivity index (χ4n) is 5.13. The summed E-state index contributed by atoms with van der Waals surface area (Å²) < 4.78 is 50.1. The SMILES string of the molecule is COc1ccc(S(=O)(=O)N2CCC[C@H](C)C2)cc1N1CCN(C(=O)c2cc(OC)c(OC)c(OC)c2)CC1. The fraction of sp³-hybridized carbons (Fsp3) is 0.519. The van der Waals surface area contributed by atoms with Crippen molar-refractivity contribution in [1.82, 2.24) is 9.21 Å². The van der Waals surface area contributed by atoms with Gasteiger partial charge in [0.25, 0.3) is 5.91 Å². The molecule has 2 aromatic carbocycles. The average Bonchev–Trinajstić information content (AvgIpc) is 2.95. The van der Waals surface area contributed by atoms with E-state index in [1.807, 2.05) is 0 Å². The van der Waals surface area contributed by atoms with Crippen molar-refractivity contribution in [3.8, 4) is 23.0 Å². The van der Waals surface area contributed by atoms with Gasteiger partial charge in [-0.3, -0.25) is 4.79 Å². The number of carbonyl (C=O) groups excluding carboxylic acids is 1. The topological polar surface area (TPSA) is 97.9 Å². The number of sulfonamides is 1. The summed E-state index contributed by atoms with van der Waals surface area (Å²) in [6.07, 6.45) is 1.91. The molecule has 0 spiro atoms. The molecule has 38 heavy (non-hydrogen) atoms. The van der Waals surface area contributed by atoms with E-state index in [0.717, 1.165) is 12.8 Å². The maximum atomic E-state index is 13.4. The van der Waals surface area contributed by atoms with E-state index < -0.39 is 10.0 Å². The molecule has 2 fully saturated rings. The Kier molecular flexibility index (Phi) is 8.57. The van der Waals surface area contributed by atoms with Crippen LogP contribution in [0.3, 0.4) is 0 Å².